The Balaban J connectivity index is 1.40. The van der Waals surface area contributed by atoms with Crippen LogP contribution in [0.5, 0.6) is 0 Å². The van der Waals surface area contributed by atoms with Crippen LogP contribution in [0, 0.1) is 0 Å². The van der Waals surface area contributed by atoms with Crippen molar-refractivity contribution in [2.75, 3.05) is 18.5 Å². The van der Waals surface area contributed by atoms with Crippen LogP contribution in [0.4, 0.5) is 10.5 Å². The van der Waals surface area contributed by atoms with E-state index in [1.165, 1.54) is 5.56 Å². The Kier molecular flexibility index (Phi) is 6.68. The van der Waals surface area contributed by atoms with Crippen molar-refractivity contribution in [1.29, 1.82) is 0 Å². The second-order valence-electron chi connectivity index (χ2n) is 6.91. The number of anilines is 1. The Morgan fingerprint density at radius 1 is 1.07 bits per heavy atom. The van der Waals surface area contributed by atoms with Gasteiger partial charge in [-0.1, -0.05) is 42.5 Å². The molecule has 1 aromatic heterocycles. The Labute approximate surface area is 166 Å². The number of rotatable bonds is 8. The van der Waals surface area contributed by atoms with Crippen LogP contribution in [0.3, 0.4) is 0 Å². The molecule has 28 heavy (non-hydrogen) atoms. The fourth-order valence-corrected chi connectivity index (χ4v) is 2.89. The lowest BCUT2D eigenvalue weighted by Crippen LogP contribution is -2.43. The molecule has 0 bridgehead atoms. The van der Waals surface area contributed by atoms with Crippen LogP contribution in [0.1, 0.15) is 18.1 Å². The van der Waals surface area contributed by atoms with E-state index in [1.807, 2.05) is 48.1 Å². The van der Waals surface area contributed by atoms with Crippen molar-refractivity contribution in [3.05, 3.63) is 84.4 Å². The monoisotopic (exact) mass is 377 g/mol. The molecule has 0 aliphatic carbocycles. The Morgan fingerprint density at radius 3 is 2.46 bits per heavy atom. The van der Waals surface area contributed by atoms with Crippen molar-refractivity contribution in [3.63, 3.8) is 0 Å². The molecule has 6 nitrogen and oxygen atoms in total. The number of hydrogen-bond donors (Lipinski definition) is 2. The van der Waals surface area contributed by atoms with Crippen LogP contribution in [-0.2, 0) is 13.1 Å². The molecule has 0 saturated heterocycles. The number of imidazole rings is 1. The van der Waals surface area contributed by atoms with Crippen molar-refractivity contribution >= 4 is 11.7 Å². The topological polar surface area (TPSA) is 62.2 Å². The number of carbonyl (C=O) groups is 1. The van der Waals surface area contributed by atoms with Gasteiger partial charge < -0.3 is 20.1 Å². The van der Waals surface area contributed by atoms with Gasteiger partial charge in [0.15, 0.2) is 0 Å². The first-order valence-electron chi connectivity index (χ1n) is 9.45. The zero-order valence-corrected chi connectivity index (χ0v) is 16.4. The molecule has 0 aliphatic rings. The fourth-order valence-electron chi connectivity index (χ4n) is 2.89. The van der Waals surface area contributed by atoms with E-state index in [9.17, 15) is 4.79 Å². The van der Waals surface area contributed by atoms with E-state index in [0.29, 0.717) is 13.1 Å². The van der Waals surface area contributed by atoms with E-state index >= 15 is 0 Å². The molecule has 146 valence electrons. The standard InChI is InChI=1S/C22H27N5O/c1-18(26(2)21-6-4-3-5-7-21)14-24-22(28)25-15-19-8-10-20(11-9-19)16-27-13-12-23-17-27/h3-13,17-18H,14-16H2,1-2H3,(H2,24,25,28). The Bertz CT molecular complexity index is 846. The van der Waals surface area contributed by atoms with Gasteiger partial charge in [-0.25, -0.2) is 9.78 Å². The van der Waals surface area contributed by atoms with Crippen LogP contribution < -0.4 is 15.5 Å². The predicted molar refractivity (Wildman–Crippen MR) is 112 cm³/mol. The summed E-state index contributed by atoms with van der Waals surface area (Å²) in [5.74, 6) is 0. The lowest BCUT2D eigenvalue weighted by atomic mass is 10.1. The van der Waals surface area contributed by atoms with Gasteiger partial charge in [0.25, 0.3) is 0 Å². The number of hydrogen-bond acceptors (Lipinski definition) is 3. The van der Waals surface area contributed by atoms with Crippen LogP contribution >= 0.6 is 0 Å². The van der Waals surface area contributed by atoms with E-state index in [4.69, 9.17) is 0 Å². The molecular formula is C22H27N5O. The first-order chi connectivity index (χ1) is 13.6. The summed E-state index contributed by atoms with van der Waals surface area (Å²) < 4.78 is 2.02. The van der Waals surface area contributed by atoms with Gasteiger partial charge in [-0.3, -0.25) is 0 Å². The Morgan fingerprint density at radius 2 is 1.79 bits per heavy atom. The highest BCUT2D eigenvalue weighted by Crippen LogP contribution is 2.13. The molecule has 0 radical (unpaired) electrons. The third kappa shape index (κ3) is 5.61. The molecule has 2 N–H and O–H groups in total. The fraction of sp³-hybridized carbons (Fsp3) is 0.273. The third-order valence-corrected chi connectivity index (χ3v) is 4.78. The Hall–Kier alpha value is -3.28. The number of nitrogens with zero attached hydrogens (tertiary/aromatic N) is 3. The lowest BCUT2D eigenvalue weighted by molar-refractivity contribution is 0.240. The number of nitrogens with one attached hydrogen (secondary N) is 2. The van der Waals surface area contributed by atoms with Crippen LogP contribution in [0.15, 0.2) is 73.3 Å². The first-order valence-corrected chi connectivity index (χ1v) is 9.45. The minimum absolute atomic E-state index is 0.157. The molecule has 3 aromatic rings. The lowest BCUT2D eigenvalue weighted by Gasteiger charge is -2.27. The predicted octanol–water partition coefficient (Wildman–Crippen LogP) is 3.26. The SMILES string of the molecule is CC(CNC(=O)NCc1ccc(Cn2ccnc2)cc1)N(C)c1ccccc1. The number of likely N-dealkylation sites (N-methyl/N-ethyl adjacent to an activating group) is 1. The van der Waals surface area contributed by atoms with Crippen LogP contribution in [0.25, 0.3) is 0 Å². The summed E-state index contributed by atoms with van der Waals surface area (Å²) in [6.07, 6.45) is 5.52. The minimum Gasteiger partial charge on any atom is -0.370 e. The molecule has 1 unspecified atom stereocenters. The molecule has 1 atom stereocenters. The van der Waals surface area contributed by atoms with E-state index in [1.54, 1.807) is 12.5 Å². The zero-order chi connectivity index (χ0) is 19.8. The molecule has 2 amide bonds. The number of amides is 2. The average molecular weight is 377 g/mol. The molecule has 2 aromatic carbocycles. The molecule has 1 heterocycles. The van der Waals surface area contributed by atoms with Gasteiger partial charge in [-0.15, -0.1) is 0 Å². The quantitative estimate of drug-likeness (QED) is 0.633. The maximum Gasteiger partial charge on any atom is 0.315 e. The van der Waals surface area contributed by atoms with Crippen molar-refractivity contribution in [3.8, 4) is 0 Å². The van der Waals surface area contributed by atoms with Gasteiger partial charge in [0, 0.05) is 50.8 Å². The maximum absolute atomic E-state index is 12.1. The van der Waals surface area contributed by atoms with Gasteiger partial charge >= 0.3 is 6.03 Å². The maximum atomic E-state index is 12.1. The first kappa shape index (κ1) is 19.5. The van der Waals surface area contributed by atoms with E-state index in [0.717, 1.165) is 17.8 Å². The molecule has 0 fully saturated rings. The van der Waals surface area contributed by atoms with Crippen molar-refractivity contribution in [2.24, 2.45) is 0 Å². The summed E-state index contributed by atoms with van der Waals surface area (Å²) in [5.41, 5.74) is 3.40. The minimum atomic E-state index is -0.157. The van der Waals surface area contributed by atoms with Gasteiger partial charge in [-0.2, -0.15) is 0 Å². The summed E-state index contributed by atoms with van der Waals surface area (Å²) in [6, 6.07) is 18.4. The van der Waals surface area contributed by atoms with Crippen molar-refractivity contribution in [2.45, 2.75) is 26.1 Å². The van der Waals surface area contributed by atoms with E-state index in [-0.39, 0.29) is 12.1 Å². The summed E-state index contributed by atoms with van der Waals surface area (Å²) in [4.78, 5) is 18.3. The number of aromatic nitrogens is 2. The number of urea groups is 1. The third-order valence-electron chi connectivity index (χ3n) is 4.78. The second kappa shape index (κ2) is 9.60. The van der Waals surface area contributed by atoms with Gasteiger partial charge in [0.2, 0.25) is 0 Å². The average Bonchev–Trinajstić information content (AvgIpc) is 3.24. The summed E-state index contributed by atoms with van der Waals surface area (Å²) in [6.45, 7) is 3.95. The summed E-state index contributed by atoms with van der Waals surface area (Å²) in [7, 11) is 2.03. The van der Waals surface area contributed by atoms with Crippen LogP contribution in [0.2, 0.25) is 0 Å². The molecular weight excluding hydrogens is 350 g/mol. The van der Waals surface area contributed by atoms with Crippen molar-refractivity contribution in [1.82, 2.24) is 20.2 Å². The highest BCUT2D eigenvalue weighted by molar-refractivity contribution is 5.73. The largest absolute Gasteiger partial charge is 0.370 e. The smallest absolute Gasteiger partial charge is 0.315 e. The zero-order valence-electron chi connectivity index (χ0n) is 16.4. The van der Waals surface area contributed by atoms with E-state index < -0.39 is 0 Å². The number of para-hydroxylation sites is 1. The summed E-state index contributed by atoms with van der Waals surface area (Å²) >= 11 is 0. The van der Waals surface area contributed by atoms with Gasteiger partial charge in [-0.05, 0) is 30.2 Å². The van der Waals surface area contributed by atoms with Gasteiger partial charge in [0.1, 0.15) is 0 Å². The number of carbonyl (C=O) groups excluding carboxylic acids is 1. The molecule has 0 saturated carbocycles. The van der Waals surface area contributed by atoms with Gasteiger partial charge in [0.05, 0.1) is 6.33 Å². The number of benzene rings is 2. The van der Waals surface area contributed by atoms with Crippen molar-refractivity contribution < 1.29 is 4.79 Å². The second-order valence-corrected chi connectivity index (χ2v) is 6.91. The highest BCUT2D eigenvalue weighted by atomic mass is 16.2. The molecule has 3 rings (SSSR count). The van der Waals surface area contributed by atoms with Crippen LogP contribution in [-0.4, -0.2) is 35.2 Å². The highest BCUT2D eigenvalue weighted by Gasteiger charge is 2.11. The molecule has 0 aliphatic heterocycles. The van der Waals surface area contributed by atoms with E-state index in [2.05, 4.69) is 51.7 Å². The molecule has 0 spiro atoms. The summed E-state index contributed by atoms with van der Waals surface area (Å²) in [5, 5.41) is 5.86. The normalized spacial score (nSPS) is 11.6. The molecule has 6 heteroatoms.